The topological polar surface area (TPSA) is 72.1 Å². The van der Waals surface area contributed by atoms with Crippen molar-refractivity contribution in [1.82, 2.24) is 14.5 Å². The molecule has 1 saturated heterocycles. The number of amides is 1. The minimum Gasteiger partial charge on any atom is -0.372 e. The summed E-state index contributed by atoms with van der Waals surface area (Å²) in [5.74, 6) is -0.438. The lowest BCUT2D eigenvalue weighted by molar-refractivity contribution is -0.137. The van der Waals surface area contributed by atoms with Crippen LogP contribution >= 0.6 is 0 Å². The third-order valence-corrected chi connectivity index (χ3v) is 7.30. The van der Waals surface area contributed by atoms with Gasteiger partial charge in [-0.3, -0.25) is 4.79 Å². The van der Waals surface area contributed by atoms with Gasteiger partial charge in [0.15, 0.2) is 0 Å². The molecule has 2 aliphatic heterocycles. The van der Waals surface area contributed by atoms with E-state index in [1.54, 1.807) is 7.05 Å². The zero-order chi connectivity index (χ0) is 24.7. The van der Waals surface area contributed by atoms with Crippen molar-refractivity contribution < 1.29 is 22.7 Å². The number of hydrogen-bond acceptors (Lipinski definition) is 5. The zero-order valence-electron chi connectivity index (χ0n) is 19.8. The van der Waals surface area contributed by atoms with Crippen molar-refractivity contribution in [3.8, 4) is 0 Å². The molecular formula is C25H28F3N5O2. The summed E-state index contributed by atoms with van der Waals surface area (Å²) in [6.45, 7) is 2.41. The predicted octanol–water partition coefficient (Wildman–Crippen LogP) is 4.80. The van der Waals surface area contributed by atoms with Crippen LogP contribution in [0.4, 0.5) is 13.2 Å². The van der Waals surface area contributed by atoms with Gasteiger partial charge in [0.25, 0.3) is 5.91 Å². The molecule has 1 saturated carbocycles. The van der Waals surface area contributed by atoms with Crippen molar-refractivity contribution >= 4 is 17.3 Å². The highest BCUT2D eigenvalue weighted by Gasteiger charge is 2.35. The van der Waals surface area contributed by atoms with Gasteiger partial charge in [-0.15, -0.1) is 0 Å². The molecule has 10 heteroatoms. The van der Waals surface area contributed by atoms with Gasteiger partial charge in [0.1, 0.15) is 0 Å². The first-order valence-electron chi connectivity index (χ1n) is 12.0. The maximum absolute atomic E-state index is 13.1. The van der Waals surface area contributed by atoms with E-state index in [0.29, 0.717) is 31.9 Å². The Morgan fingerprint density at radius 3 is 2.71 bits per heavy atom. The lowest BCUT2D eigenvalue weighted by Crippen LogP contribution is -2.45. The normalized spacial score (nSPS) is 23.0. The van der Waals surface area contributed by atoms with E-state index in [0.717, 1.165) is 47.8 Å². The van der Waals surface area contributed by atoms with Gasteiger partial charge in [0.2, 0.25) is 0 Å². The second-order valence-corrected chi connectivity index (χ2v) is 9.52. The second-order valence-electron chi connectivity index (χ2n) is 9.52. The van der Waals surface area contributed by atoms with Crippen molar-refractivity contribution in [2.75, 3.05) is 13.7 Å². The second kappa shape index (κ2) is 9.22. The Hall–Kier alpha value is -3.01. The Bertz CT molecular complexity index is 1180. The summed E-state index contributed by atoms with van der Waals surface area (Å²) < 4.78 is 47.5. The molecule has 7 nitrogen and oxygen atoms in total. The van der Waals surface area contributed by atoms with E-state index >= 15 is 0 Å². The largest absolute Gasteiger partial charge is 0.416 e. The van der Waals surface area contributed by atoms with Gasteiger partial charge in [-0.2, -0.15) is 23.4 Å². The van der Waals surface area contributed by atoms with E-state index in [2.05, 4.69) is 19.8 Å². The average molecular weight is 488 g/mol. The number of ether oxygens (including phenoxy) is 1. The highest BCUT2D eigenvalue weighted by Crippen LogP contribution is 2.34. The molecule has 0 spiro atoms. The van der Waals surface area contributed by atoms with Crippen molar-refractivity contribution in [3.63, 3.8) is 0 Å². The minimum atomic E-state index is -4.50. The van der Waals surface area contributed by atoms with E-state index in [4.69, 9.17) is 4.74 Å². The molecule has 3 heterocycles. The van der Waals surface area contributed by atoms with E-state index < -0.39 is 17.6 Å². The van der Waals surface area contributed by atoms with E-state index in [1.165, 1.54) is 23.5 Å². The molecule has 2 fully saturated rings. The van der Waals surface area contributed by atoms with Crippen LogP contribution in [0, 0.1) is 6.92 Å². The quantitative estimate of drug-likeness (QED) is 0.608. The standard InChI is InChI=1S/C25H28F3N5O2/c1-15-23(33(14-29-15)18-7-4-8-18)21-13-20(30-31-21)22-12-19(9-10-35-22)32(2)24(34)16-5-3-6-17(11-16)25(26,27)28/h3,5-6,11,14,18-19,22H,4,7-10,12-13H2,1-2H3/t19-,22+/m1/s1. The SMILES string of the molecule is Cc1ncn(C2CCC2)c1C1=NN=C([C@@H]2C[C@H](N(C)C(=O)c3cccc(C(F)(F)F)c3)CCO2)C1. The number of aromatic nitrogens is 2. The van der Waals surface area contributed by atoms with Crippen molar-refractivity contribution in [2.45, 2.75) is 69.8 Å². The van der Waals surface area contributed by atoms with Gasteiger partial charge in [-0.25, -0.2) is 4.98 Å². The molecule has 1 aliphatic carbocycles. The minimum absolute atomic E-state index is 0.0222. The lowest BCUT2D eigenvalue weighted by atomic mass is 9.92. The summed E-state index contributed by atoms with van der Waals surface area (Å²) >= 11 is 0. The molecule has 2 aromatic rings. The molecule has 0 bridgehead atoms. The fourth-order valence-corrected chi connectivity index (χ4v) is 4.99. The fraction of sp³-hybridized carbons (Fsp3) is 0.520. The molecule has 0 N–H and O–H groups in total. The number of carbonyl (C=O) groups excluding carboxylic acids is 1. The van der Waals surface area contributed by atoms with Crippen LogP contribution in [0.2, 0.25) is 0 Å². The van der Waals surface area contributed by atoms with E-state index in [-0.39, 0.29) is 17.7 Å². The summed E-state index contributed by atoms with van der Waals surface area (Å²) in [6.07, 6.45) is 2.27. The Balaban J connectivity index is 1.25. The summed E-state index contributed by atoms with van der Waals surface area (Å²) in [7, 11) is 1.63. The first-order valence-corrected chi connectivity index (χ1v) is 12.0. The highest BCUT2D eigenvalue weighted by molar-refractivity contribution is 6.16. The number of halogens is 3. The van der Waals surface area contributed by atoms with Crippen LogP contribution in [0.5, 0.6) is 0 Å². The third kappa shape index (κ3) is 4.63. The lowest BCUT2D eigenvalue weighted by Gasteiger charge is -2.35. The molecule has 5 rings (SSSR count). The predicted molar refractivity (Wildman–Crippen MR) is 125 cm³/mol. The van der Waals surface area contributed by atoms with Crippen LogP contribution < -0.4 is 0 Å². The Labute approximate surface area is 201 Å². The number of carbonyl (C=O) groups is 1. The monoisotopic (exact) mass is 487 g/mol. The van der Waals surface area contributed by atoms with Crippen LogP contribution in [0.3, 0.4) is 0 Å². The summed E-state index contributed by atoms with van der Waals surface area (Å²) in [4.78, 5) is 19.0. The molecular weight excluding hydrogens is 459 g/mol. The third-order valence-electron chi connectivity index (χ3n) is 7.30. The Morgan fingerprint density at radius 2 is 2.00 bits per heavy atom. The maximum atomic E-state index is 13.1. The van der Waals surface area contributed by atoms with Crippen LogP contribution in [0.1, 0.15) is 71.9 Å². The van der Waals surface area contributed by atoms with Crippen molar-refractivity contribution in [1.29, 1.82) is 0 Å². The number of imidazole rings is 1. The Morgan fingerprint density at radius 1 is 1.20 bits per heavy atom. The molecule has 1 aromatic heterocycles. The molecule has 0 unspecified atom stereocenters. The maximum Gasteiger partial charge on any atom is 0.416 e. The molecule has 35 heavy (non-hydrogen) atoms. The number of rotatable bonds is 5. The number of hydrogen-bond donors (Lipinski definition) is 0. The van der Waals surface area contributed by atoms with Crippen LogP contribution in [0.15, 0.2) is 40.8 Å². The molecule has 3 aliphatic rings. The van der Waals surface area contributed by atoms with E-state index in [1.807, 2.05) is 13.3 Å². The first kappa shape index (κ1) is 23.7. The fourth-order valence-electron chi connectivity index (χ4n) is 4.99. The van der Waals surface area contributed by atoms with E-state index in [9.17, 15) is 18.0 Å². The molecule has 186 valence electrons. The van der Waals surface area contributed by atoms with Crippen molar-refractivity contribution in [2.24, 2.45) is 10.2 Å². The van der Waals surface area contributed by atoms with Gasteiger partial charge >= 0.3 is 6.18 Å². The molecule has 1 aromatic carbocycles. The van der Waals surface area contributed by atoms with Gasteiger partial charge in [0.05, 0.1) is 40.8 Å². The molecule has 0 radical (unpaired) electrons. The zero-order valence-corrected chi connectivity index (χ0v) is 19.8. The van der Waals surface area contributed by atoms with Gasteiger partial charge in [0, 0.05) is 37.7 Å². The number of benzene rings is 1. The number of alkyl halides is 3. The summed E-state index contributed by atoms with van der Waals surface area (Å²) in [5, 5.41) is 8.89. The highest BCUT2D eigenvalue weighted by atomic mass is 19.4. The van der Waals surface area contributed by atoms with Crippen molar-refractivity contribution in [3.05, 3.63) is 53.1 Å². The molecule has 2 atom stereocenters. The van der Waals surface area contributed by atoms with Crippen LogP contribution in [-0.2, 0) is 10.9 Å². The average Bonchev–Trinajstić information content (AvgIpc) is 3.43. The van der Waals surface area contributed by atoms with Crippen LogP contribution in [-0.4, -0.2) is 57.6 Å². The number of aryl methyl sites for hydroxylation is 1. The van der Waals surface area contributed by atoms with Gasteiger partial charge in [-0.05, 0) is 57.2 Å². The van der Waals surface area contributed by atoms with Crippen LogP contribution in [0.25, 0.3) is 0 Å². The summed E-state index contributed by atoms with van der Waals surface area (Å²) in [6, 6.07) is 4.84. The molecule has 1 amide bonds. The smallest absolute Gasteiger partial charge is 0.372 e. The summed E-state index contributed by atoms with van der Waals surface area (Å²) in [5.41, 5.74) is 2.84. The Kier molecular flexibility index (Phi) is 6.25. The number of nitrogens with zero attached hydrogens (tertiary/aromatic N) is 5. The first-order chi connectivity index (χ1) is 16.7. The van der Waals surface area contributed by atoms with Gasteiger partial charge < -0.3 is 14.2 Å². The van der Waals surface area contributed by atoms with Gasteiger partial charge in [-0.1, -0.05) is 6.07 Å².